The van der Waals surface area contributed by atoms with E-state index in [0.29, 0.717) is 45.8 Å². The molecule has 3 rings (SSSR count). The van der Waals surface area contributed by atoms with Gasteiger partial charge in [0.1, 0.15) is 11.4 Å². The van der Waals surface area contributed by atoms with Gasteiger partial charge in [0.05, 0.1) is 41.1 Å². The molecule has 142 valence electrons. The number of benzene rings is 2. The fourth-order valence-electron chi connectivity index (χ4n) is 2.76. The fraction of sp³-hybridized carbons (Fsp3) is 0.250. The van der Waals surface area contributed by atoms with E-state index in [1.165, 1.54) is 0 Å². The van der Waals surface area contributed by atoms with Crippen molar-refractivity contribution in [1.82, 2.24) is 5.16 Å². The molecule has 0 unspecified atom stereocenters. The van der Waals surface area contributed by atoms with Gasteiger partial charge in [-0.05, 0) is 24.3 Å². The number of methoxy groups -OCH3 is 5. The average molecular weight is 371 g/mol. The van der Waals surface area contributed by atoms with Crippen molar-refractivity contribution in [3.05, 3.63) is 36.4 Å². The molecule has 7 heteroatoms. The molecule has 2 aromatic carbocycles. The Morgan fingerprint density at radius 1 is 0.630 bits per heavy atom. The molecule has 0 bridgehead atoms. The maximum Gasteiger partial charge on any atom is 0.171 e. The largest absolute Gasteiger partial charge is 0.496 e. The van der Waals surface area contributed by atoms with E-state index in [4.69, 9.17) is 28.2 Å². The summed E-state index contributed by atoms with van der Waals surface area (Å²) in [6.45, 7) is 0. The highest BCUT2D eigenvalue weighted by atomic mass is 16.5. The van der Waals surface area contributed by atoms with Crippen molar-refractivity contribution in [3.8, 4) is 51.3 Å². The van der Waals surface area contributed by atoms with Gasteiger partial charge in [-0.1, -0.05) is 5.16 Å². The number of nitrogens with zero attached hydrogens (tertiary/aromatic N) is 1. The summed E-state index contributed by atoms with van der Waals surface area (Å²) in [6.07, 6.45) is 0. The van der Waals surface area contributed by atoms with Crippen molar-refractivity contribution in [2.75, 3.05) is 35.5 Å². The maximum absolute atomic E-state index is 5.55. The van der Waals surface area contributed by atoms with Gasteiger partial charge >= 0.3 is 0 Å². The smallest absolute Gasteiger partial charge is 0.171 e. The van der Waals surface area contributed by atoms with Crippen molar-refractivity contribution in [3.63, 3.8) is 0 Å². The van der Waals surface area contributed by atoms with Crippen LogP contribution in [0.3, 0.4) is 0 Å². The molecule has 0 atom stereocenters. The van der Waals surface area contributed by atoms with Gasteiger partial charge in [-0.3, -0.25) is 0 Å². The Labute approximate surface area is 157 Å². The summed E-state index contributed by atoms with van der Waals surface area (Å²) in [5.74, 6) is 3.52. The van der Waals surface area contributed by atoms with Gasteiger partial charge in [0.15, 0.2) is 28.8 Å². The van der Waals surface area contributed by atoms with Crippen LogP contribution in [-0.4, -0.2) is 40.7 Å². The van der Waals surface area contributed by atoms with Crippen LogP contribution < -0.4 is 23.7 Å². The highest BCUT2D eigenvalue weighted by Gasteiger charge is 2.18. The normalized spacial score (nSPS) is 10.4. The Morgan fingerprint density at radius 2 is 1.22 bits per heavy atom. The lowest BCUT2D eigenvalue weighted by atomic mass is 10.1. The number of hydrogen-bond acceptors (Lipinski definition) is 7. The summed E-state index contributed by atoms with van der Waals surface area (Å²) in [7, 11) is 7.90. The number of aromatic nitrogens is 1. The molecule has 0 saturated carbocycles. The van der Waals surface area contributed by atoms with Crippen LogP contribution in [0.1, 0.15) is 0 Å². The van der Waals surface area contributed by atoms with E-state index < -0.39 is 0 Å². The summed E-state index contributed by atoms with van der Waals surface area (Å²) in [4.78, 5) is 0. The minimum atomic E-state index is 0.539. The van der Waals surface area contributed by atoms with E-state index >= 15 is 0 Å². The van der Waals surface area contributed by atoms with Crippen molar-refractivity contribution in [2.45, 2.75) is 0 Å². The molecule has 0 aliphatic rings. The van der Waals surface area contributed by atoms with Crippen molar-refractivity contribution in [2.24, 2.45) is 0 Å². The van der Waals surface area contributed by atoms with E-state index in [9.17, 15) is 0 Å². The predicted octanol–water partition coefficient (Wildman–Crippen LogP) is 4.05. The Morgan fingerprint density at radius 3 is 1.85 bits per heavy atom. The minimum absolute atomic E-state index is 0.539. The lowest BCUT2D eigenvalue weighted by Crippen LogP contribution is -1.94. The van der Waals surface area contributed by atoms with Gasteiger partial charge in [0.2, 0.25) is 0 Å². The molecule has 0 aliphatic carbocycles. The third-order valence-electron chi connectivity index (χ3n) is 4.16. The molecule has 0 radical (unpaired) electrons. The van der Waals surface area contributed by atoms with Crippen LogP contribution in [0.5, 0.6) is 28.7 Å². The van der Waals surface area contributed by atoms with Crippen molar-refractivity contribution >= 4 is 0 Å². The van der Waals surface area contributed by atoms with E-state index in [0.717, 1.165) is 5.56 Å². The molecule has 0 fully saturated rings. The second kappa shape index (κ2) is 7.90. The van der Waals surface area contributed by atoms with Gasteiger partial charge in [-0.15, -0.1) is 0 Å². The van der Waals surface area contributed by atoms with Crippen LogP contribution in [0.15, 0.2) is 40.9 Å². The van der Waals surface area contributed by atoms with Crippen LogP contribution in [0, 0.1) is 0 Å². The topological polar surface area (TPSA) is 72.2 Å². The SMILES string of the molecule is COc1ccc(-c2cc(-c3cc(OC)c(OC)cc3OC)on2)cc1OC. The van der Waals surface area contributed by atoms with Gasteiger partial charge < -0.3 is 28.2 Å². The van der Waals surface area contributed by atoms with Crippen molar-refractivity contribution < 1.29 is 28.2 Å². The summed E-state index contributed by atoms with van der Waals surface area (Å²) in [5.41, 5.74) is 2.19. The van der Waals surface area contributed by atoms with Crippen molar-refractivity contribution in [1.29, 1.82) is 0 Å². The first-order chi connectivity index (χ1) is 13.1. The first-order valence-corrected chi connectivity index (χ1v) is 8.14. The van der Waals surface area contributed by atoms with E-state index in [2.05, 4.69) is 5.16 Å². The highest BCUT2D eigenvalue weighted by Crippen LogP contribution is 2.41. The Bertz CT molecular complexity index is 934. The number of rotatable bonds is 7. The molecule has 3 aromatic rings. The monoisotopic (exact) mass is 371 g/mol. The zero-order chi connectivity index (χ0) is 19.4. The fourth-order valence-corrected chi connectivity index (χ4v) is 2.76. The van der Waals surface area contributed by atoms with Crippen LogP contribution in [0.2, 0.25) is 0 Å². The molecule has 1 aromatic heterocycles. The predicted molar refractivity (Wildman–Crippen MR) is 100 cm³/mol. The Balaban J connectivity index is 2.03. The first kappa shape index (κ1) is 18.4. The summed E-state index contributed by atoms with van der Waals surface area (Å²) < 4.78 is 32.3. The van der Waals surface area contributed by atoms with E-state index in [-0.39, 0.29) is 0 Å². The third kappa shape index (κ3) is 3.48. The molecule has 0 aliphatic heterocycles. The van der Waals surface area contributed by atoms with Gasteiger partial charge in [0.25, 0.3) is 0 Å². The Kier molecular flexibility index (Phi) is 5.40. The van der Waals surface area contributed by atoms with Crippen LogP contribution in [-0.2, 0) is 0 Å². The summed E-state index contributed by atoms with van der Waals surface area (Å²) in [5, 5.41) is 4.17. The third-order valence-corrected chi connectivity index (χ3v) is 4.16. The molecular weight excluding hydrogens is 350 g/mol. The zero-order valence-electron chi connectivity index (χ0n) is 15.9. The zero-order valence-corrected chi connectivity index (χ0v) is 15.9. The second-order valence-corrected chi connectivity index (χ2v) is 5.55. The quantitative estimate of drug-likeness (QED) is 0.620. The molecule has 0 amide bonds. The number of hydrogen-bond donors (Lipinski definition) is 0. The molecule has 0 saturated heterocycles. The van der Waals surface area contributed by atoms with Crippen LogP contribution >= 0.6 is 0 Å². The lowest BCUT2D eigenvalue weighted by molar-refractivity contribution is 0.348. The minimum Gasteiger partial charge on any atom is -0.496 e. The molecule has 1 heterocycles. The average Bonchev–Trinajstić information content (AvgIpc) is 3.22. The molecule has 0 N–H and O–H groups in total. The van der Waals surface area contributed by atoms with E-state index in [1.54, 1.807) is 47.7 Å². The lowest BCUT2D eigenvalue weighted by Gasteiger charge is -2.12. The summed E-state index contributed by atoms with van der Waals surface area (Å²) >= 11 is 0. The van der Waals surface area contributed by atoms with Gasteiger partial charge in [-0.2, -0.15) is 0 Å². The van der Waals surface area contributed by atoms with Gasteiger partial charge in [0, 0.05) is 17.7 Å². The van der Waals surface area contributed by atoms with E-state index in [1.807, 2.05) is 24.3 Å². The standard InChI is InChI=1S/C20H21NO6/c1-22-15-7-6-12(8-18(15)24-3)14-10-17(27-21-14)13-9-19(25-4)20(26-5)11-16(13)23-2/h6-11H,1-5H3. The van der Waals surface area contributed by atoms with Crippen LogP contribution in [0.4, 0.5) is 0 Å². The molecular formula is C20H21NO6. The molecule has 27 heavy (non-hydrogen) atoms. The first-order valence-electron chi connectivity index (χ1n) is 8.14. The molecule has 7 nitrogen and oxygen atoms in total. The van der Waals surface area contributed by atoms with Gasteiger partial charge in [-0.25, -0.2) is 0 Å². The van der Waals surface area contributed by atoms with Crippen LogP contribution in [0.25, 0.3) is 22.6 Å². The molecule has 0 spiro atoms. The number of ether oxygens (including phenoxy) is 5. The maximum atomic E-state index is 5.55. The highest BCUT2D eigenvalue weighted by molar-refractivity contribution is 5.74. The summed E-state index contributed by atoms with van der Waals surface area (Å²) in [6, 6.07) is 10.9. The second-order valence-electron chi connectivity index (χ2n) is 5.55. The Hall–Kier alpha value is -3.35.